The van der Waals surface area contributed by atoms with E-state index in [1.807, 2.05) is 0 Å². The Morgan fingerprint density at radius 3 is 2.70 bits per heavy atom. The standard InChI is InChI=1S/C14H18N4O5/c1-15(2)12-8-16(9-19)6-7-17(12)14(21)10-4-3-5-11(13(10)20)18(22)23/h3-5,9,12,20H,6-8H2,1-2H3. The molecule has 1 aromatic rings. The van der Waals surface area contributed by atoms with Crippen LogP contribution in [0.3, 0.4) is 0 Å². The third kappa shape index (κ3) is 3.24. The highest BCUT2D eigenvalue weighted by molar-refractivity contribution is 5.98. The summed E-state index contributed by atoms with van der Waals surface area (Å²) < 4.78 is 0. The molecule has 0 bridgehead atoms. The molecular weight excluding hydrogens is 304 g/mol. The van der Waals surface area contributed by atoms with Crippen LogP contribution in [0.15, 0.2) is 18.2 Å². The average molecular weight is 322 g/mol. The number of piperazine rings is 1. The van der Waals surface area contributed by atoms with Gasteiger partial charge in [0.25, 0.3) is 5.91 Å². The maximum absolute atomic E-state index is 12.7. The summed E-state index contributed by atoms with van der Waals surface area (Å²) in [5.41, 5.74) is -0.630. The van der Waals surface area contributed by atoms with Crippen LogP contribution < -0.4 is 0 Å². The van der Waals surface area contributed by atoms with Gasteiger partial charge < -0.3 is 14.9 Å². The van der Waals surface area contributed by atoms with Gasteiger partial charge >= 0.3 is 5.69 Å². The van der Waals surface area contributed by atoms with Crippen LogP contribution in [-0.2, 0) is 4.79 Å². The van der Waals surface area contributed by atoms with E-state index in [4.69, 9.17) is 0 Å². The number of hydrogen-bond donors (Lipinski definition) is 1. The molecule has 1 aliphatic heterocycles. The predicted molar refractivity (Wildman–Crippen MR) is 80.9 cm³/mol. The minimum absolute atomic E-state index is 0.120. The lowest BCUT2D eigenvalue weighted by Gasteiger charge is -2.43. The number of amides is 2. The van der Waals surface area contributed by atoms with Crippen LogP contribution in [0.1, 0.15) is 10.4 Å². The molecule has 2 amide bonds. The van der Waals surface area contributed by atoms with Gasteiger partial charge in [0.2, 0.25) is 12.2 Å². The van der Waals surface area contributed by atoms with Crippen molar-refractivity contribution in [2.45, 2.75) is 6.17 Å². The Morgan fingerprint density at radius 2 is 2.13 bits per heavy atom. The molecular formula is C14H18N4O5. The maximum atomic E-state index is 12.7. The first-order valence-corrected chi connectivity index (χ1v) is 7.00. The second-order valence-corrected chi connectivity index (χ2v) is 5.47. The van der Waals surface area contributed by atoms with Crippen LogP contribution in [0.2, 0.25) is 0 Å². The largest absolute Gasteiger partial charge is 0.502 e. The molecule has 1 N–H and O–H groups in total. The van der Waals surface area contributed by atoms with Crippen LogP contribution in [0.25, 0.3) is 0 Å². The monoisotopic (exact) mass is 322 g/mol. The SMILES string of the molecule is CN(C)C1CN(C=O)CCN1C(=O)c1cccc([N+](=O)[O-])c1O. The fourth-order valence-corrected chi connectivity index (χ4v) is 2.57. The van der Waals surface area contributed by atoms with Crippen LogP contribution in [-0.4, -0.2) is 76.9 Å². The summed E-state index contributed by atoms with van der Waals surface area (Å²) in [6, 6.07) is 3.85. The van der Waals surface area contributed by atoms with Crippen molar-refractivity contribution in [1.29, 1.82) is 0 Å². The Hall–Kier alpha value is -2.68. The molecule has 0 radical (unpaired) electrons. The van der Waals surface area contributed by atoms with E-state index in [-0.39, 0.29) is 18.3 Å². The first kappa shape index (κ1) is 16.7. The van der Waals surface area contributed by atoms with Crippen molar-refractivity contribution in [3.63, 3.8) is 0 Å². The number of phenolic OH excluding ortho intramolecular Hbond substituents is 1. The van der Waals surface area contributed by atoms with Crippen LogP contribution in [0, 0.1) is 10.1 Å². The minimum Gasteiger partial charge on any atom is -0.502 e. The van der Waals surface area contributed by atoms with Gasteiger partial charge in [0.05, 0.1) is 17.0 Å². The van der Waals surface area contributed by atoms with E-state index in [2.05, 4.69) is 0 Å². The van der Waals surface area contributed by atoms with Gasteiger partial charge in [-0.3, -0.25) is 24.6 Å². The minimum atomic E-state index is -0.736. The molecule has 1 aromatic carbocycles. The zero-order valence-electron chi connectivity index (χ0n) is 12.9. The van der Waals surface area contributed by atoms with E-state index in [9.17, 15) is 24.8 Å². The summed E-state index contributed by atoms with van der Waals surface area (Å²) in [5, 5.41) is 20.9. The Labute approximate surface area is 132 Å². The third-order valence-corrected chi connectivity index (χ3v) is 3.83. The summed E-state index contributed by atoms with van der Waals surface area (Å²) in [6.07, 6.45) is 0.350. The van der Waals surface area contributed by atoms with Gasteiger partial charge in [0.1, 0.15) is 6.17 Å². The smallest absolute Gasteiger partial charge is 0.311 e. The fraction of sp³-hybridized carbons (Fsp3) is 0.429. The Balaban J connectivity index is 2.34. The second kappa shape index (κ2) is 6.61. The summed E-state index contributed by atoms with van der Waals surface area (Å²) in [5.74, 6) is -1.15. The number of para-hydroxylation sites is 1. The fourth-order valence-electron chi connectivity index (χ4n) is 2.57. The number of nitro groups is 1. The van der Waals surface area contributed by atoms with E-state index in [1.54, 1.807) is 23.9 Å². The number of nitrogens with zero attached hydrogens (tertiary/aromatic N) is 4. The van der Waals surface area contributed by atoms with Crippen LogP contribution >= 0.6 is 0 Å². The van der Waals surface area contributed by atoms with E-state index in [0.717, 1.165) is 12.5 Å². The number of likely N-dealkylation sites (N-methyl/N-ethyl adjacent to an activating group) is 1. The van der Waals surface area contributed by atoms with E-state index in [1.165, 1.54) is 17.0 Å². The molecule has 0 aliphatic carbocycles. The number of phenols is 1. The molecule has 1 fully saturated rings. The van der Waals surface area contributed by atoms with Crippen LogP contribution in [0.5, 0.6) is 5.75 Å². The molecule has 9 heteroatoms. The predicted octanol–water partition coefficient (Wildman–Crippen LogP) is 0.102. The van der Waals surface area contributed by atoms with Crippen molar-refractivity contribution < 1.29 is 19.6 Å². The number of aromatic hydroxyl groups is 1. The second-order valence-electron chi connectivity index (χ2n) is 5.47. The van der Waals surface area contributed by atoms with Gasteiger partial charge in [-0.05, 0) is 20.2 Å². The maximum Gasteiger partial charge on any atom is 0.311 e. The van der Waals surface area contributed by atoms with Crippen molar-refractivity contribution in [3.05, 3.63) is 33.9 Å². The van der Waals surface area contributed by atoms with Crippen molar-refractivity contribution >= 4 is 18.0 Å². The number of rotatable bonds is 4. The lowest BCUT2D eigenvalue weighted by atomic mass is 10.1. The number of nitro benzene ring substituents is 1. The van der Waals surface area contributed by atoms with Gasteiger partial charge in [-0.1, -0.05) is 6.07 Å². The van der Waals surface area contributed by atoms with E-state index < -0.39 is 22.3 Å². The van der Waals surface area contributed by atoms with Crippen molar-refractivity contribution in [2.75, 3.05) is 33.7 Å². The van der Waals surface area contributed by atoms with Crippen molar-refractivity contribution in [1.82, 2.24) is 14.7 Å². The Morgan fingerprint density at radius 1 is 1.43 bits per heavy atom. The van der Waals surface area contributed by atoms with Crippen molar-refractivity contribution in [3.8, 4) is 5.75 Å². The zero-order chi connectivity index (χ0) is 17.1. The molecule has 1 unspecified atom stereocenters. The van der Waals surface area contributed by atoms with Gasteiger partial charge in [-0.25, -0.2) is 0 Å². The highest BCUT2D eigenvalue weighted by Gasteiger charge is 2.34. The molecule has 0 saturated carbocycles. The number of benzene rings is 1. The number of carbonyl (C=O) groups is 2. The van der Waals surface area contributed by atoms with E-state index >= 15 is 0 Å². The summed E-state index contributed by atoms with van der Waals surface area (Å²) in [4.78, 5) is 38.6. The lowest BCUT2D eigenvalue weighted by Crippen LogP contribution is -2.59. The number of carbonyl (C=O) groups excluding carboxylic acids is 2. The third-order valence-electron chi connectivity index (χ3n) is 3.83. The molecule has 1 heterocycles. The topological polar surface area (TPSA) is 107 Å². The molecule has 1 atom stereocenters. The highest BCUT2D eigenvalue weighted by Crippen LogP contribution is 2.31. The van der Waals surface area contributed by atoms with Crippen LogP contribution in [0.4, 0.5) is 5.69 Å². The van der Waals surface area contributed by atoms with Gasteiger partial charge in [-0.2, -0.15) is 0 Å². The Kier molecular flexibility index (Phi) is 4.80. The average Bonchev–Trinajstić information content (AvgIpc) is 2.53. The molecule has 0 aromatic heterocycles. The molecule has 2 rings (SSSR count). The molecule has 1 aliphatic rings. The quantitative estimate of drug-likeness (QED) is 0.479. The Bertz CT molecular complexity index is 634. The summed E-state index contributed by atoms with van der Waals surface area (Å²) in [6.45, 7) is 0.982. The van der Waals surface area contributed by atoms with E-state index in [0.29, 0.717) is 13.1 Å². The molecule has 23 heavy (non-hydrogen) atoms. The normalized spacial score (nSPS) is 18.1. The van der Waals surface area contributed by atoms with Gasteiger partial charge in [0, 0.05) is 19.2 Å². The number of hydrogen-bond acceptors (Lipinski definition) is 6. The van der Waals surface area contributed by atoms with Gasteiger partial charge in [0.15, 0.2) is 0 Å². The summed E-state index contributed by atoms with van der Waals surface area (Å²) >= 11 is 0. The molecule has 124 valence electrons. The lowest BCUT2D eigenvalue weighted by molar-refractivity contribution is -0.385. The molecule has 9 nitrogen and oxygen atoms in total. The zero-order valence-corrected chi connectivity index (χ0v) is 12.9. The highest BCUT2D eigenvalue weighted by atomic mass is 16.6. The first-order chi connectivity index (χ1) is 10.9. The molecule has 0 spiro atoms. The first-order valence-electron chi connectivity index (χ1n) is 7.00. The molecule has 1 saturated heterocycles. The van der Waals surface area contributed by atoms with Crippen molar-refractivity contribution in [2.24, 2.45) is 0 Å². The summed E-state index contributed by atoms with van der Waals surface area (Å²) in [7, 11) is 3.54. The van der Waals surface area contributed by atoms with Gasteiger partial charge in [-0.15, -0.1) is 0 Å².